The molecule has 0 saturated carbocycles. The van der Waals surface area contributed by atoms with E-state index in [4.69, 9.17) is 0 Å². The molecular formula is C16H9IN2O. The Balaban J connectivity index is 2.24. The Kier molecular flexibility index (Phi) is 3.28. The molecule has 0 fully saturated rings. The third-order valence-corrected chi connectivity index (χ3v) is 4.13. The highest BCUT2D eigenvalue weighted by molar-refractivity contribution is 14.1. The van der Waals surface area contributed by atoms with Crippen LogP contribution >= 0.6 is 22.6 Å². The van der Waals surface area contributed by atoms with E-state index < -0.39 is 0 Å². The van der Waals surface area contributed by atoms with Crippen molar-refractivity contribution >= 4 is 39.3 Å². The number of carbonyl (C=O) groups is 1. The van der Waals surface area contributed by atoms with E-state index >= 15 is 0 Å². The first kappa shape index (κ1) is 12.9. The van der Waals surface area contributed by atoms with Crippen molar-refractivity contribution in [1.82, 2.24) is 4.98 Å². The largest absolute Gasteiger partial charge is 0.360 e. The second kappa shape index (κ2) is 5.10. The Morgan fingerprint density at radius 3 is 2.65 bits per heavy atom. The van der Waals surface area contributed by atoms with E-state index in [1.807, 2.05) is 24.3 Å². The number of aromatic nitrogens is 1. The van der Waals surface area contributed by atoms with Gasteiger partial charge in [-0.2, -0.15) is 5.26 Å². The molecule has 0 aliphatic heterocycles. The summed E-state index contributed by atoms with van der Waals surface area (Å²) >= 11 is 2.15. The highest BCUT2D eigenvalue weighted by atomic mass is 127. The maximum absolute atomic E-state index is 12.7. The molecule has 3 nitrogen and oxygen atoms in total. The predicted molar refractivity (Wildman–Crippen MR) is 85.6 cm³/mol. The zero-order chi connectivity index (χ0) is 14.1. The van der Waals surface area contributed by atoms with Crippen molar-refractivity contribution in [3.63, 3.8) is 0 Å². The smallest absolute Gasteiger partial charge is 0.196 e. The fourth-order valence-electron chi connectivity index (χ4n) is 2.25. The van der Waals surface area contributed by atoms with Crippen LogP contribution in [-0.2, 0) is 0 Å². The second-order valence-electron chi connectivity index (χ2n) is 4.35. The summed E-state index contributed by atoms with van der Waals surface area (Å²) in [7, 11) is 0. The Morgan fingerprint density at radius 2 is 1.90 bits per heavy atom. The molecule has 0 aliphatic carbocycles. The van der Waals surface area contributed by atoms with E-state index in [9.17, 15) is 10.1 Å². The molecule has 1 N–H and O–H groups in total. The van der Waals surface area contributed by atoms with Gasteiger partial charge in [0.1, 0.15) is 0 Å². The van der Waals surface area contributed by atoms with Crippen LogP contribution in [0.5, 0.6) is 0 Å². The molecule has 0 aliphatic rings. The first-order chi connectivity index (χ1) is 9.72. The molecule has 0 saturated heterocycles. The molecule has 96 valence electrons. The molecule has 4 heteroatoms. The zero-order valence-electron chi connectivity index (χ0n) is 10.4. The van der Waals surface area contributed by atoms with Crippen LogP contribution in [0.2, 0.25) is 0 Å². The van der Waals surface area contributed by atoms with Gasteiger partial charge in [0.15, 0.2) is 5.78 Å². The van der Waals surface area contributed by atoms with Gasteiger partial charge in [-0.15, -0.1) is 0 Å². The van der Waals surface area contributed by atoms with Crippen molar-refractivity contribution < 1.29 is 4.79 Å². The lowest BCUT2D eigenvalue weighted by molar-refractivity contribution is 0.103. The highest BCUT2D eigenvalue weighted by Gasteiger charge is 2.18. The van der Waals surface area contributed by atoms with Crippen molar-refractivity contribution in [2.45, 2.75) is 0 Å². The van der Waals surface area contributed by atoms with Gasteiger partial charge in [-0.25, -0.2) is 0 Å². The van der Waals surface area contributed by atoms with E-state index in [1.54, 1.807) is 24.4 Å². The lowest BCUT2D eigenvalue weighted by atomic mass is 10.00. The van der Waals surface area contributed by atoms with Gasteiger partial charge in [0, 0.05) is 31.8 Å². The normalized spacial score (nSPS) is 10.4. The Morgan fingerprint density at radius 1 is 1.10 bits per heavy atom. The van der Waals surface area contributed by atoms with Gasteiger partial charge in [-0.1, -0.05) is 18.2 Å². The van der Waals surface area contributed by atoms with Crippen molar-refractivity contribution in [2.75, 3.05) is 0 Å². The molecule has 3 aromatic rings. The number of fused-ring (bicyclic) bond motifs is 1. The zero-order valence-corrected chi connectivity index (χ0v) is 12.5. The quantitative estimate of drug-likeness (QED) is 0.549. The van der Waals surface area contributed by atoms with Crippen LogP contribution in [0.15, 0.2) is 48.7 Å². The van der Waals surface area contributed by atoms with E-state index in [0.717, 1.165) is 9.09 Å². The number of rotatable bonds is 2. The van der Waals surface area contributed by atoms with Crippen molar-refractivity contribution in [2.24, 2.45) is 0 Å². The molecule has 0 spiro atoms. The number of ketones is 1. The topological polar surface area (TPSA) is 56.6 Å². The number of nitrogens with zero attached hydrogens (tertiary/aromatic N) is 1. The Labute approximate surface area is 129 Å². The number of carbonyl (C=O) groups excluding carboxylic acids is 1. The summed E-state index contributed by atoms with van der Waals surface area (Å²) in [5, 5.41) is 9.90. The summed E-state index contributed by atoms with van der Waals surface area (Å²) in [6.07, 6.45) is 1.68. The van der Waals surface area contributed by atoms with Gasteiger partial charge in [-0.3, -0.25) is 4.79 Å². The van der Waals surface area contributed by atoms with Gasteiger partial charge < -0.3 is 4.98 Å². The molecule has 0 bridgehead atoms. The third kappa shape index (κ3) is 2.00. The summed E-state index contributed by atoms with van der Waals surface area (Å²) < 4.78 is 0.902. The molecule has 0 radical (unpaired) electrons. The lowest BCUT2D eigenvalue weighted by Crippen LogP contribution is -2.03. The Bertz CT molecular complexity index is 858. The van der Waals surface area contributed by atoms with Crippen LogP contribution in [0.1, 0.15) is 21.5 Å². The maximum atomic E-state index is 12.7. The molecular weight excluding hydrogens is 363 g/mol. The van der Waals surface area contributed by atoms with E-state index in [-0.39, 0.29) is 5.78 Å². The number of halogens is 1. The summed E-state index contributed by atoms with van der Waals surface area (Å²) in [6.45, 7) is 0. The minimum Gasteiger partial charge on any atom is -0.360 e. The predicted octanol–water partition coefficient (Wildman–Crippen LogP) is 3.88. The molecule has 0 atom stereocenters. The molecule has 20 heavy (non-hydrogen) atoms. The van der Waals surface area contributed by atoms with Gasteiger partial charge in [0.2, 0.25) is 0 Å². The molecule has 0 amide bonds. The number of nitrogens with one attached hydrogen (secondary N) is 1. The SMILES string of the molecule is N#Cc1cccc2[nH]cc(C(=O)c3ccccc3I)c12. The molecule has 3 rings (SSSR count). The van der Waals surface area contributed by atoms with Gasteiger partial charge >= 0.3 is 0 Å². The van der Waals surface area contributed by atoms with Crippen LogP contribution in [0.25, 0.3) is 10.9 Å². The first-order valence-electron chi connectivity index (χ1n) is 6.02. The fraction of sp³-hybridized carbons (Fsp3) is 0. The molecule has 1 aromatic heterocycles. The number of benzene rings is 2. The van der Waals surface area contributed by atoms with Crippen LogP contribution in [0.4, 0.5) is 0 Å². The van der Waals surface area contributed by atoms with Crippen LogP contribution < -0.4 is 0 Å². The highest BCUT2D eigenvalue weighted by Crippen LogP contribution is 2.25. The monoisotopic (exact) mass is 372 g/mol. The number of hydrogen-bond acceptors (Lipinski definition) is 2. The van der Waals surface area contributed by atoms with E-state index in [2.05, 4.69) is 33.6 Å². The van der Waals surface area contributed by atoms with E-state index in [0.29, 0.717) is 22.1 Å². The van der Waals surface area contributed by atoms with Gasteiger partial charge in [0.05, 0.1) is 11.6 Å². The number of aromatic amines is 1. The average molecular weight is 372 g/mol. The standard InChI is InChI=1S/C16H9IN2O/c17-13-6-2-1-5-11(13)16(20)12-9-19-14-7-3-4-10(8-18)15(12)14/h1-7,9,19H. The van der Waals surface area contributed by atoms with Crippen molar-refractivity contribution in [3.05, 3.63) is 68.9 Å². The van der Waals surface area contributed by atoms with E-state index in [1.165, 1.54) is 0 Å². The fourth-order valence-corrected chi connectivity index (χ4v) is 2.88. The minimum atomic E-state index is -0.0658. The summed E-state index contributed by atoms with van der Waals surface area (Å²) in [5.41, 5.74) is 2.51. The number of hydrogen-bond donors (Lipinski definition) is 1. The number of nitriles is 1. The Hall–Kier alpha value is -2.13. The first-order valence-corrected chi connectivity index (χ1v) is 7.09. The van der Waals surface area contributed by atoms with Gasteiger partial charge in [-0.05, 0) is 46.9 Å². The van der Waals surface area contributed by atoms with Crippen LogP contribution in [0, 0.1) is 14.9 Å². The third-order valence-electron chi connectivity index (χ3n) is 3.19. The maximum Gasteiger partial charge on any atom is 0.196 e. The average Bonchev–Trinajstić information content (AvgIpc) is 2.91. The summed E-state index contributed by atoms with van der Waals surface area (Å²) in [4.78, 5) is 15.7. The molecule has 0 unspecified atom stereocenters. The van der Waals surface area contributed by atoms with Crippen molar-refractivity contribution in [3.8, 4) is 6.07 Å². The molecule has 2 aromatic carbocycles. The second-order valence-corrected chi connectivity index (χ2v) is 5.51. The van der Waals surface area contributed by atoms with Crippen molar-refractivity contribution in [1.29, 1.82) is 5.26 Å². The summed E-state index contributed by atoms with van der Waals surface area (Å²) in [5.74, 6) is -0.0658. The van der Waals surface area contributed by atoms with Gasteiger partial charge in [0.25, 0.3) is 0 Å². The minimum absolute atomic E-state index is 0.0658. The molecule has 1 heterocycles. The van der Waals surface area contributed by atoms with Crippen LogP contribution in [-0.4, -0.2) is 10.8 Å². The lowest BCUT2D eigenvalue weighted by Gasteiger charge is -2.03. The number of H-pyrrole nitrogens is 1. The summed E-state index contributed by atoms with van der Waals surface area (Å²) in [6, 6.07) is 15.0. The van der Waals surface area contributed by atoms with Crippen LogP contribution in [0.3, 0.4) is 0 Å².